The summed E-state index contributed by atoms with van der Waals surface area (Å²) < 4.78 is 1.91. The number of aromatic nitrogens is 2. The SMILES string of the molecule is CCN(CC)Cc1ccc(CNC(=O)C(C)n2cnc3ccccc32)cc1. The van der Waals surface area contributed by atoms with E-state index < -0.39 is 0 Å². The molecule has 2 aromatic carbocycles. The second-order valence-corrected chi connectivity index (χ2v) is 6.81. The number of benzene rings is 2. The number of carbonyl (C=O) groups excluding carboxylic acids is 1. The molecule has 1 amide bonds. The number of imidazole rings is 1. The first-order valence-corrected chi connectivity index (χ1v) is 9.61. The van der Waals surface area contributed by atoms with E-state index in [1.165, 1.54) is 5.56 Å². The molecule has 0 bridgehead atoms. The van der Waals surface area contributed by atoms with Crippen molar-refractivity contribution in [1.82, 2.24) is 19.8 Å². The topological polar surface area (TPSA) is 50.2 Å². The van der Waals surface area contributed by atoms with Gasteiger partial charge in [-0.05, 0) is 43.3 Å². The summed E-state index contributed by atoms with van der Waals surface area (Å²) in [6, 6.07) is 16.0. The van der Waals surface area contributed by atoms with Crippen LogP contribution in [0.2, 0.25) is 0 Å². The highest BCUT2D eigenvalue weighted by Crippen LogP contribution is 2.17. The van der Waals surface area contributed by atoms with Crippen LogP contribution in [0, 0.1) is 0 Å². The quantitative estimate of drug-likeness (QED) is 0.662. The Bertz CT molecular complexity index is 881. The van der Waals surface area contributed by atoms with Crippen molar-refractivity contribution in [2.75, 3.05) is 13.1 Å². The van der Waals surface area contributed by atoms with Gasteiger partial charge in [0.1, 0.15) is 6.04 Å². The Labute approximate surface area is 161 Å². The van der Waals surface area contributed by atoms with Gasteiger partial charge in [0, 0.05) is 13.1 Å². The molecule has 1 aromatic heterocycles. The second-order valence-electron chi connectivity index (χ2n) is 6.81. The van der Waals surface area contributed by atoms with Gasteiger partial charge < -0.3 is 9.88 Å². The third kappa shape index (κ3) is 4.55. The molecule has 0 fully saturated rings. The van der Waals surface area contributed by atoms with Crippen molar-refractivity contribution >= 4 is 16.9 Å². The van der Waals surface area contributed by atoms with Crippen LogP contribution in [0.1, 0.15) is 37.9 Å². The van der Waals surface area contributed by atoms with Crippen LogP contribution in [0.3, 0.4) is 0 Å². The maximum absolute atomic E-state index is 12.6. The fourth-order valence-corrected chi connectivity index (χ4v) is 3.22. The first-order valence-electron chi connectivity index (χ1n) is 9.61. The van der Waals surface area contributed by atoms with Crippen molar-refractivity contribution in [2.45, 2.75) is 39.9 Å². The van der Waals surface area contributed by atoms with Crippen LogP contribution in [0.4, 0.5) is 0 Å². The van der Waals surface area contributed by atoms with Crippen LogP contribution in [0.5, 0.6) is 0 Å². The van der Waals surface area contributed by atoms with Crippen LogP contribution in [-0.2, 0) is 17.9 Å². The smallest absolute Gasteiger partial charge is 0.243 e. The monoisotopic (exact) mass is 364 g/mol. The van der Waals surface area contributed by atoms with E-state index in [1.807, 2.05) is 35.8 Å². The van der Waals surface area contributed by atoms with Gasteiger partial charge in [0.2, 0.25) is 5.91 Å². The van der Waals surface area contributed by atoms with E-state index in [1.54, 1.807) is 6.33 Å². The molecule has 27 heavy (non-hydrogen) atoms. The molecule has 142 valence electrons. The minimum atomic E-state index is -0.306. The zero-order chi connectivity index (χ0) is 19.2. The van der Waals surface area contributed by atoms with Crippen molar-refractivity contribution < 1.29 is 4.79 Å². The molecule has 1 unspecified atom stereocenters. The molecule has 3 rings (SSSR count). The molecular weight excluding hydrogens is 336 g/mol. The number of hydrogen-bond donors (Lipinski definition) is 1. The van der Waals surface area contributed by atoms with E-state index in [9.17, 15) is 4.79 Å². The average Bonchev–Trinajstić information content (AvgIpc) is 3.14. The van der Waals surface area contributed by atoms with E-state index in [-0.39, 0.29) is 11.9 Å². The maximum Gasteiger partial charge on any atom is 0.243 e. The highest BCUT2D eigenvalue weighted by atomic mass is 16.2. The van der Waals surface area contributed by atoms with Crippen molar-refractivity contribution in [3.63, 3.8) is 0 Å². The number of nitrogens with one attached hydrogen (secondary N) is 1. The minimum Gasteiger partial charge on any atom is -0.350 e. The lowest BCUT2D eigenvalue weighted by Gasteiger charge is -2.18. The number of para-hydroxylation sites is 2. The minimum absolute atomic E-state index is 0.00892. The van der Waals surface area contributed by atoms with Crippen molar-refractivity contribution in [3.05, 3.63) is 66.0 Å². The Morgan fingerprint density at radius 2 is 1.74 bits per heavy atom. The fourth-order valence-electron chi connectivity index (χ4n) is 3.22. The van der Waals surface area contributed by atoms with Gasteiger partial charge in [-0.3, -0.25) is 9.69 Å². The normalized spacial score (nSPS) is 12.4. The Morgan fingerprint density at radius 1 is 1.07 bits per heavy atom. The molecule has 0 saturated heterocycles. The lowest BCUT2D eigenvalue weighted by atomic mass is 10.1. The summed E-state index contributed by atoms with van der Waals surface area (Å²) in [6.07, 6.45) is 1.73. The standard InChI is InChI=1S/C22H28N4O/c1-4-25(5-2)15-19-12-10-18(11-13-19)14-23-22(27)17(3)26-16-24-20-8-6-7-9-21(20)26/h6-13,16-17H,4-5,14-15H2,1-3H3,(H,23,27). The number of rotatable bonds is 8. The van der Waals surface area contributed by atoms with Gasteiger partial charge >= 0.3 is 0 Å². The molecule has 0 aliphatic carbocycles. The zero-order valence-corrected chi connectivity index (χ0v) is 16.4. The number of nitrogens with zero attached hydrogens (tertiary/aromatic N) is 3. The van der Waals surface area contributed by atoms with Gasteiger partial charge in [-0.25, -0.2) is 4.98 Å². The van der Waals surface area contributed by atoms with Crippen molar-refractivity contribution in [2.24, 2.45) is 0 Å². The third-order valence-electron chi connectivity index (χ3n) is 5.07. The Hall–Kier alpha value is -2.66. The summed E-state index contributed by atoms with van der Waals surface area (Å²) in [6.45, 7) is 9.85. The fraction of sp³-hybridized carbons (Fsp3) is 0.364. The maximum atomic E-state index is 12.6. The van der Waals surface area contributed by atoms with E-state index >= 15 is 0 Å². The van der Waals surface area contributed by atoms with Crippen LogP contribution in [0.15, 0.2) is 54.9 Å². The van der Waals surface area contributed by atoms with Crippen LogP contribution in [0.25, 0.3) is 11.0 Å². The van der Waals surface area contributed by atoms with Crippen LogP contribution < -0.4 is 5.32 Å². The predicted octanol–water partition coefficient (Wildman–Crippen LogP) is 3.76. The molecule has 1 heterocycles. The Balaban J connectivity index is 1.58. The van der Waals surface area contributed by atoms with Crippen molar-refractivity contribution in [3.8, 4) is 0 Å². The Kier molecular flexibility index (Phi) is 6.24. The van der Waals surface area contributed by atoms with Crippen LogP contribution >= 0.6 is 0 Å². The third-order valence-corrected chi connectivity index (χ3v) is 5.07. The molecule has 0 aliphatic heterocycles. The summed E-state index contributed by atoms with van der Waals surface area (Å²) >= 11 is 0. The molecule has 1 N–H and O–H groups in total. The largest absolute Gasteiger partial charge is 0.350 e. The van der Waals surface area contributed by atoms with Crippen LogP contribution in [-0.4, -0.2) is 33.4 Å². The molecular formula is C22H28N4O. The molecule has 0 spiro atoms. The number of amides is 1. The number of carbonyl (C=O) groups is 1. The highest BCUT2D eigenvalue weighted by molar-refractivity contribution is 5.83. The van der Waals surface area contributed by atoms with E-state index in [0.717, 1.165) is 36.2 Å². The van der Waals surface area contributed by atoms with E-state index in [2.05, 4.69) is 53.3 Å². The highest BCUT2D eigenvalue weighted by Gasteiger charge is 2.16. The molecule has 0 radical (unpaired) electrons. The number of hydrogen-bond acceptors (Lipinski definition) is 3. The van der Waals surface area contributed by atoms with Gasteiger partial charge in [0.15, 0.2) is 0 Å². The molecule has 0 aliphatic rings. The van der Waals surface area contributed by atoms with Gasteiger partial charge in [-0.1, -0.05) is 50.2 Å². The van der Waals surface area contributed by atoms with Crippen molar-refractivity contribution in [1.29, 1.82) is 0 Å². The van der Waals surface area contributed by atoms with Gasteiger partial charge in [-0.2, -0.15) is 0 Å². The first kappa shape index (κ1) is 19.1. The lowest BCUT2D eigenvalue weighted by molar-refractivity contribution is -0.123. The Morgan fingerprint density at radius 3 is 2.44 bits per heavy atom. The summed E-state index contributed by atoms with van der Waals surface area (Å²) in [5.74, 6) is -0.00892. The average molecular weight is 364 g/mol. The summed E-state index contributed by atoms with van der Waals surface area (Å²) in [4.78, 5) is 19.3. The van der Waals surface area contributed by atoms with Gasteiger partial charge in [0.25, 0.3) is 0 Å². The summed E-state index contributed by atoms with van der Waals surface area (Å²) in [7, 11) is 0. The van der Waals surface area contributed by atoms with E-state index in [0.29, 0.717) is 6.54 Å². The lowest BCUT2D eigenvalue weighted by Crippen LogP contribution is -2.30. The molecule has 3 aromatic rings. The predicted molar refractivity (Wildman–Crippen MR) is 109 cm³/mol. The molecule has 5 nitrogen and oxygen atoms in total. The van der Waals surface area contributed by atoms with Gasteiger partial charge in [-0.15, -0.1) is 0 Å². The molecule has 0 saturated carbocycles. The zero-order valence-electron chi connectivity index (χ0n) is 16.4. The van der Waals surface area contributed by atoms with E-state index in [4.69, 9.17) is 0 Å². The number of fused-ring (bicyclic) bond motifs is 1. The first-order chi connectivity index (χ1) is 13.1. The summed E-state index contributed by atoms with van der Waals surface area (Å²) in [5.41, 5.74) is 4.28. The molecule has 1 atom stereocenters. The molecule has 5 heteroatoms. The van der Waals surface area contributed by atoms with Gasteiger partial charge in [0.05, 0.1) is 17.4 Å². The second kappa shape index (κ2) is 8.82. The summed E-state index contributed by atoms with van der Waals surface area (Å²) in [5, 5.41) is 3.04.